The first-order valence-corrected chi connectivity index (χ1v) is 10.5. The van der Waals surface area contributed by atoms with Gasteiger partial charge in [0.25, 0.3) is 5.89 Å². The highest BCUT2D eigenvalue weighted by Gasteiger charge is 2.40. The van der Waals surface area contributed by atoms with Gasteiger partial charge in [-0.05, 0) is 56.3 Å². The number of methoxy groups -OCH3 is 1. The van der Waals surface area contributed by atoms with E-state index in [-0.39, 0.29) is 5.41 Å². The zero-order chi connectivity index (χ0) is 20.1. The molecule has 2 saturated heterocycles. The summed E-state index contributed by atoms with van der Waals surface area (Å²) in [7, 11) is 1.71. The van der Waals surface area contributed by atoms with Gasteiger partial charge in [-0.3, -0.25) is 9.69 Å². The smallest absolute Gasteiger partial charge is 0.257 e. The van der Waals surface area contributed by atoms with Crippen LogP contribution in [-0.4, -0.2) is 65.7 Å². The van der Waals surface area contributed by atoms with Gasteiger partial charge in [0.15, 0.2) is 5.82 Å². The summed E-state index contributed by atoms with van der Waals surface area (Å²) in [5.41, 5.74) is 1.22. The Labute approximate surface area is 172 Å². The number of carbonyl (C=O) groups is 1. The monoisotopic (exact) mass is 398 g/mol. The third-order valence-electron chi connectivity index (χ3n) is 6.30. The summed E-state index contributed by atoms with van der Waals surface area (Å²) in [5.74, 6) is 1.61. The summed E-state index contributed by atoms with van der Waals surface area (Å²) in [4.78, 5) is 21.3. The van der Waals surface area contributed by atoms with Crippen LogP contribution in [0.2, 0.25) is 0 Å². The molecule has 29 heavy (non-hydrogen) atoms. The van der Waals surface area contributed by atoms with Gasteiger partial charge in [-0.15, -0.1) is 0 Å². The Morgan fingerprint density at radius 3 is 2.72 bits per heavy atom. The zero-order valence-electron chi connectivity index (χ0n) is 17.2. The average Bonchev–Trinajstić information content (AvgIpc) is 3.22. The van der Waals surface area contributed by atoms with Crippen LogP contribution in [0, 0.1) is 5.41 Å². The van der Waals surface area contributed by atoms with E-state index in [2.05, 4.69) is 19.9 Å². The van der Waals surface area contributed by atoms with Crippen LogP contribution in [0.5, 0.6) is 0 Å². The zero-order valence-corrected chi connectivity index (χ0v) is 17.2. The van der Waals surface area contributed by atoms with Crippen LogP contribution in [-0.2, 0) is 16.1 Å². The fraction of sp³-hybridized carbons (Fsp3) is 0.591. The molecule has 4 rings (SSSR count). The fourth-order valence-corrected chi connectivity index (χ4v) is 4.52. The van der Waals surface area contributed by atoms with E-state index in [1.807, 2.05) is 30.3 Å². The molecule has 0 N–H and O–H groups in total. The highest BCUT2D eigenvalue weighted by molar-refractivity contribution is 5.77. The molecule has 0 atom stereocenters. The molecule has 1 aromatic heterocycles. The van der Waals surface area contributed by atoms with Crippen LogP contribution in [0.3, 0.4) is 0 Å². The minimum absolute atomic E-state index is 0.268. The minimum Gasteiger partial charge on any atom is -0.385 e. The number of hydrogen-bond acceptors (Lipinski definition) is 6. The van der Waals surface area contributed by atoms with E-state index in [4.69, 9.17) is 9.26 Å². The number of likely N-dealkylation sites (tertiary alicyclic amines) is 2. The molecule has 2 aliphatic rings. The van der Waals surface area contributed by atoms with Crippen LogP contribution >= 0.6 is 0 Å². The first-order valence-electron chi connectivity index (χ1n) is 10.5. The second kappa shape index (κ2) is 9.05. The number of rotatable bonds is 7. The van der Waals surface area contributed by atoms with Gasteiger partial charge in [-0.1, -0.05) is 23.4 Å². The lowest BCUT2D eigenvalue weighted by Gasteiger charge is -2.47. The number of carbonyl (C=O) groups excluding carboxylic acids is 1. The van der Waals surface area contributed by atoms with Gasteiger partial charge < -0.3 is 14.2 Å². The molecule has 7 nitrogen and oxygen atoms in total. The molecule has 2 fully saturated rings. The molecule has 1 aromatic carbocycles. The second-order valence-corrected chi connectivity index (χ2v) is 8.32. The summed E-state index contributed by atoms with van der Waals surface area (Å²) >= 11 is 0. The normalized spacial score (nSPS) is 19.8. The lowest BCUT2D eigenvalue weighted by molar-refractivity contribution is -0.139. The molecule has 156 valence electrons. The van der Waals surface area contributed by atoms with E-state index in [1.54, 1.807) is 7.11 Å². The maximum absolute atomic E-state index is 12.3. The second-order valence-electron chi connectivity index (χ2n) is 8.32. The van der Waals surface area contributed by atoms with Crippen molar-refractivity contribution in [3.63, 3.8) is 0 Å². The molecule has 0 saturated carbocycles. The summed E-state index contributed by atoms with van der Waals surface area (Å²) in [6, 6.07) is 9.87. The third-order valence-corrected chi connectivity index (χ3v) is 6.30. The molecule has 1 spiro atoms. The van der Waals surface area contributed by atoms with Crippen LogP contribution in [0.25, 0.3) is 11.5 Å². The van der Waals surface area contributed by atoms with Crippen molar-refractivity contribution in [2.75, 3.05) is 39.9 Å². The largest absolute Gasteiger partial charge is 0.385 e. The molecular weight excluding hydrogens is 368 g/mol. The molecule has 7 heteroatoms. The van der Waals surface area contributed by atoms with Crippen molar-refractivity contribution in [1.82, 2.24) is 19.9 Å². The van der Waals surface area contributed by atoms with Crippen LogP contribution in [0.4, 0.5) is 0 Å². The third kappa shape index (κ3) is 4.85. The minimum atomic E-state index is 0.268. The lowest BCUT2D eigenvalue weighted by Crippen LogP contribution is -2.51. The number of nitrogens with zero attached hydrogens (tertiary/aromatic N) is 4. The van der Waals surface area contributed by atoms with Gasteiger partial charge in [0, 0.05) is 38.8 Å². The Bertz CT molecular complexity index is 799. The highest BCUT2D eigenvalue weighted by atomic mass is 16.5. The van der Waals surface area contributed by atoms with Crippen LogP contribution in [0.1, 0.15) is 37.9 Å². The Morgan fingerprint density at radius 2 is 1.97 bits per heavy atom. The van der Waals surface area contributed by atoms with E-state index in [1.165, 1.54) is 0 Å². The Balaban J connectivity index is 1.30. The predicted molar refractivity (Wildman–Crippen MR) is 109 cm³/mol. The summed E-state index contributed by atoms with van der Waals surface area (Å²) in [5, 5.41) is 4.16. The lowest BCUT2D eigenvalue weighted by atomic mass is 9.72. The number of hydrogen-bond donors (Lipinski definition) is 0. The van der Waals surface area contributed by atoms with Gasteiger partial charge in [0.1, 0.15) is 0 Å². The topological polar surface area (TPSA) is 71.7 Å². The van der Waals surface area contributed by atoms with Gasteiger partial charge >= 0.3 is 0 Å². The van der Waals surface area contributed by atoms with Crippen molar-refractivity contribution in [3.8, 4) is 11.5 Å². The summed E-state index contributed by atoms with van der Waals surface area (Å²) in [6.45, 7) is 5.14. The molecule has 2 aliphatic heterocycles. The number of aromatic nitrogens is 2. The summed E-state index contributed by atoms with van der Waals surface area (Å²) < 4.78 is 10.6. The predicted octanol–water partition coefficient (Wildman–Crippen LogP) is 2.98. The van der Waals surface area contributed by atoms with Crippen molar-refractivity contribution in [3.05, 3.63) is 36.2 Å². The van der Waals surface area contributed by atoms with Gasteiger partial charge in [0.2, 0.25) is 5.91 Å². The SMILES string of the molecule is COCCCN1CC2(CCC1=O)CCN(Cc1noc(-c3ccccc3)n1)CC2. The summed E-state index contributed by atoms with van der Waals surface area (Å²) in [6.07, 6.45) is 4.83. The number of amides is 1. The average molecular weight is 399 g/mol. The number of ether oxygens (including phenoxy) is 1. The maximum atomic E-state index is 12.3. The van der Waals surface area contributed by atoms with E-state index < -0.39 is 0 Å². The first-order chi connectivity index (χ1) is 14.2. The van der Waals surface area contributed by atoms with Crippen LogP contribution in [0.15, 0.2) is 34.9 Å². The molecule has 0 bridgehead atoms. The van der Waals surface area contributed by atoms with Gasteiger partial charge in [-0.2, -0.15) is 4.98 Å². The fourth-order valence-electron chi connectivity index (χ4n) is 4.52. The van der Waals surface area contributed by atoms with E-state index >= 15 is 0 Å². The van der Waals surface area contributed by atoms with Gasteiger partial charge in [0.05, 0.1) is 6.54 Å². The van der Waals surface area contributed by atoms with Crippen molar-refractivity contribution in [2.45, 2.75) is 38.6 Å². The maximum Gasteiger partial charge on any atom is 0.257 e. The first kappa shape index (κ1) is 20.0. The van der Waals surface area contributed by atoms with Crippen molar-refractivity contribution in [2.24, 2.45) is 5.41 Å². The van der Waals surface area contributed by atoms with E-state index in [0.717, 1.165) is 63.3 Å². The molecular formula is C22H30N4O3. The standard InChI is InChI=1S/C22H30N4O3/c1-28-15-5-12-26-17-22(9-8-20(26)27)10-13-25(14-11-22)16-19-23-21(29-24-19)18-6-3-2-4-7-18/h2-4,6-7H,5,8-17H2,1H3. The highest BCUT2D eigenvalue weighted by Crippen LogP contribution is 2.40. The molecule has 0 radical (unpaired) electrons. The molecule has 0 aliphatic carbocycles. The quantitative estimate of drug-likeness (QED) is 0.668. The Hall–Kier alpha value is -2.25. The van der Waals surface area contributed by atoms with Crippen molar-refractivity contribution in [1.29, 1.82) is 0 Å². The molecule has 0 unspecified atom stereocenters. The number of benzene rings is 1. The molecule has 2 aromatic rings. The van der Waals surface area contributed by atoms with E-state index in [9.17, 15) is 4.79 Å². The molecule has 3 heterocycles. The van der Waals surface area contributed by atoms with Crippen molar-refractivity contribution >= 4 is 5.91 Å². The molecule has 1 amide bonds. The Morgan fingerprint density at radius 1 is 1.17 bits per heavy atom. The van der Waals surface area contributed by atoms with E-state index in [0.29, 0.717) is 31.4 Å². The van der Waals surface area contributed by atoms with Gasteiger partial charge in [-0.25, -0.2) is 0 Å². The number of piperidine rings is 2. The van der Waals surface area contributed by atoms with Crippen LogP contribution < -0.4 is 0 Å². The van der Waals surface area contributed by atoms with Crippen molar-refractivity contribution < 1.29 is 14.1 Å². The Kier molecular flexibility index (Phi) is 6.25.